The molecule has 2 amide bonds. The summed E-state index contributed by atoms with van der Waals surface area (Å²) >= 11 is 28.5. The van der Waals surface area contributed by atoms with E-state index < -0.39 is 20.9 Å². The molecule has 0 aliphatic carbocycles. The van der Waals surface area contributed by atoms with Crippen LogP contribution in [0.3, 0.4) is 0 Å². The van der Waals surface area contributed by atoms with Gasteiger partial charge in [0.1, 0.15) is 0 Å². The number of non-ortho nitro benzene ring substituents is 1. The maximum Gasteiger partial charge on any atom is 0.318 e. The molecule has 0 spiro atoms. The zero-order valence-corrected chi connectivity index (χ0v) is 16.7. The molecule has 0 saturated carbocycles. The van der Waals surface area contributed by atoms with E-state index in [-0.39, 0.29) is 15.8 Å². The molecule has 25 heavy (non-hydrogen) atoms. The number of nitro benzene ring substituents is 1. The summed E-state index contributed by atoms with van der Waals surface area (Å²) in [4.78, 5) is 23.1. The molecule has 0 aromatic heterocycles. The highest BCUT2D eigenvalue weighted by atomic mass is 35.6. The lowest BCUT2D eigenvalue weighted by Crippen LogP contribution is -2.57. The number of carbonyl (C=O) groups excluding carboxylic acids is 1. The maximum absolute atomic E-state index is 11.7. The Bertz CT molecular complexity index is 683. The van der Waals surface area contributed by atoms with Gasteiger partial charge >= 0.3 is 6.03 Å². The number of nitro groups is 1. The topological polar surface area (TPSA) is 99.5 Å². The number of anilines is 1. The van der Waals surface area contributed by atoms with Gasteiger partial charge in [0, 0.05) is 26.2 Å². The van der Waals surface area contributed by atoms with E-state index in [0.29, 0.717) is 5.69 Å². The molecular weight excluding hydrogens is 436 g/mol. The van der Waals surface area contributed by atoms with Crippen LogP contribution in [-0.2, 0) is 0 Å². The SMILES string of the molecule is CN(C)C(=O)N[C@H](NC(=S)Nc1ccc([N+](=O)[O-])cc1Cl)C(Cl)(Cl)Cl. The van der Waals surface area contributed by atoms with Crippen molar-refractivity contribution in [3.05, 3.63) is 33.3 Å². The Morgan fingerprint density at radius 1 is 1.32 bits per heavy atom. The number of benzene rings is 1. The molecule has 0 heterocycles. The first-order valence-corrected chi connectivity index (χ1v) is 8.40. The van der Waals surface area contributed by atoms with E-state index in [1.54, 1.807) is 0 Å². The molecule has 1 atom stereocenters. The first kappa shape index (κ1) is 21.8. The molecule has 3 N–H and O–H groups in total. The molecule has 0 radical (unpaired) electrons. The van der Waals surface area contributed by atoms with Crippen LogP contribution in [0.4, 0.5) is 16.2 Å². The van der Waals surface area contributed by atoms with Gasteiger partial charge in [0.15, 0.2) is 11.3 Å². The van der Waals surface area contributed by atoms with Crippen LogP contribution < -0.4 is 16.0 Å². The number of halogens is 4. The number of carbonyl (C=O) groups is 1. The lowest BCUT2D eigenvalue weighted by atomic mass is 10.3. The normalized spacial score (nSPS) is 12.1. The predicted molar refractivity (Wildman–Crippen MR) is 104 cm³/mol. The number of hydrogen-bond acceptors (Lipinski definition) is 4. The van der Waals surface area contributed by atoms with Gasteiger partial charge in [0.2, 0.25) is 3.79 Å². The lowest BCUT2D eigenvalue weighted by Gasteiger charge is -2.29. The number of alkyl halides is 3. The predicted octanol–water partition coefficient (Wildman–Crippen LogP) is 3.50. The standard InChI is InChI=1S/C12H13Cl4N5O3S/c1-20(2)11(22)19-9(12(14,15)16)18-10(25)17-8-4-3-6(21(23)24)5-7(8)13/h3-5,9H,1-2H3,(H,19,22)(H2,17,18,25)/t9-/m0/s1. The van der Waals surface area contributed by atoms with E-state index in [4.69, 9.17) is 58.6 Å². The van der Waals surface area contributed by atoms with E-state index in [0.717, 1.165) is 6.07 Å². The molecule has 138 valence electrons. The van der Waals surface area contributed by atoms with E-state index >= 15 is 0 Å². The number of hydrogen-bond donors (Lipinski definition) is 3. The van der Waals surface area contributed by atoms with Crippen molar-refractivity contribution in [1.82, 2.24) is 15.5 Å². The van der Waals surface area contributed by atoms with Crippen molar-refractivity contribution in [1.29, 1.82) is 0 Å². The quantitative estimate of drug-likeness (QED) is 0.214. The molecule has 8 nitrogen and oxygen atoms in total. The Hall–Kier alpha value is -1.26. The molecule has 1 aromatic carbocycles. The minimum absolute atomic E-state index is 0.0221. The van der Waals surface area contributed by atoms with Gasteiger partial charge in [-0.3, -0.25) is 10.1 Å². The summed E-state index contributed by atoms with van der Waals surface area (Å²) in [5.41, 5.74) is 0.124. The number of amides is 2. The summed E-state index contributed by atoms with van der Waals surface area (Å²) in [5.74, 6) is 0. The molecule has 1 aromatic rings. The van der Waals surface area contributed by atoms with Gasteiger partial charge in [-0.2, -0.15) is 0 Å². The Kier molecular flexibility index (Phi) is 7.76. The third-order valence-electron chi connectivity index (χ3n) is 2.69. The summed E-state index contributed by atoms with van der Waals surface area (Å²) in [6, 6.07) is 3.26. The number of thiocarbonyl (C=S) groups is 1. The van der Waals surface area contributed by atoms with Crippen molar-refractivity contribution in [2.24, 2.45) is 0 Å². The molecule has 0 saturated heterocycles. The summed E-state index contributed by atoms with van der Waals surface area (Å²) in [5, 5.41) is 18.5. The fraction of sp³-hybridized carbons (Fsp3) is 0.333. The average Bonchev–Trinajstić information content (AvgIpc) is 2.47. The highest BCUT2D eigenvalue weighted by Gasteiger charge is 2.35. The van der Waals surface area contributed by atoms with Crippen molar-refractivity contribution >= 4 is 81.1 Å². The molecule has 0 unspecified atom stereocenters. The zero-order valence-electron chi connectivity index (χ0n) is 12.8. The third kappa shape index (κ3) is 6.87. The lowest BCUT2D eigenvalue weighted by molar-refractivity contribution is -0.384. The van der Waals surface area contributed by atoms with Crippen molar-refractivity contribution in [2.75, 3.05) is 19.4 Å². The monoisotopic (exact) mass is 447 g/mol. The number of urea groups is 1. The third-order valence-corrected chi connectivity index (χ3v) is 3.88. The molecule has 0 fully saturated rings. The van der Waals surface area contributed by atoms with Crippen molar-refractivity contribution < 1.29 is 9.72 Å². The Morgan fingerprint density at radius 2 is 1.92 bits per heavy atom. The maximum atomic E-state index is 11.7. The van der Waals surface area contributed by atoms with Gasteiger partial charge in [0.05, 0.1) is 15.6 Å². The van der Waals surface area contributed by atoms with Gasteiger partial charge < -0.3 is 20.9 Å². The van der Waals surface area contributed by atoms with Gasteiger partial charge in [-0.15, -0.1) is 0 Å². The highest BCUT2D eigenvalue weighted by Crippen LogP contribution is 2.30. The van der Waals surface area contributed by atoms with Crippen LogP contribution in [0.15, 0.2) is 18.2 Å². The smallest absolute Gasteiger partial charge is 0.318 e. The molecule has 0 aliphatic heterocycles. The van der Waals surface area contributed by atoms with E-state index in [9.17, 15) is 14.9 Å². The van der Waals surface area contributed by atoms with Gasteiger partial charge in [-0.25, -0.2) is 4.79 Å². The second-order valence-electron chi connectivity index (χ2n) is 4.84. The van der Waals surface area contributed by atoms with Gasteiger partial charge in [-0.1, -0.05) is 46.4 Å². The second kappa shape index (κ2) is 8.91. The zero-order chi connectivity index (χ0) is 19.4. The summed E-state index contributed by atoms with van der Waals surface area (Å²) in [7, 11) is 3.02. The minimum atomic E-state index is -1.91. The molecule has 0 bridgehead atoms. The summed E-state index contributed by atoms with van der Waals surface area (Å²) in [6.07, 6.45) is -1.15. The Balaban J connectivity index is 2.84. The summed E-state index contributed by atoms with van der Waals surface area (Å²) < 4.78 is -1.91. The minimum Gasteiger partial charge on any atom is -0.339 e. The van der Waals surface area contributed by atoms with Gasteiger partial charge in [-0.05, 0) is 18.3 Å². The molecule has 13 heteroatoms. The van der Waals surface area contributed by atoms with Crippen LogP contribution in [0.5, 0.6) is 0 Å². The highest BCUT2D eigenvalue weighted by molar-refractivity contribution is 7.80. The number of nitrogens with one attached hydrogen (secondary N) is 3. The van der Waals surface area contributed by atoms with Crippen LogP contribution in [0.2, 0.25) is 5.02 Å². The average molecular weight is 449 g/mol. The van der Waals surface area contributed by atoms with E-state index in [1.807, 2.05) is 0 Å². The van der Waals surface area contributed by atoms with Crippen LogP contribution in [0.25, 0.3) is 0 Å². The van der Waals surface area contributed by atoms with Crippen LogP contribution >= 0.6 is 58.6 Å². The number of rotatable bonds is 4. The van der Waals surface area contributed by atoms with Crippen molar-refractivity contribution in [3.8, 4) is 0 Å². The fourth-order valence-corrected chi connectivity index (χ4v) is 2.24. The first-order chi connectivity index (χ1) is 11.4. The van der Waals surface area contributed by atoms with Crippen LogP contribution in [0.1, 0.15) is 0 Å². The first-order valence-electron chi connectivity index (χ1n) is 6.48. The second-order valence-corrected chi connectivity index (χ2v) is 8.02. The van der Waals surface area contributed by atoms with E-state index in [1.165, 1.54) is 31.1 Å². The van der Waals surface area contributed by atoms with Crippen molar-refractivity contribution in [3.63, 3.8) is 0 Å². The molecule has 0 aliphatic rings. The Morgan fingerprint density at radius 3 is 2.36 bits per heavy atom. The van der Waals surface area contributed by atoms with E-state index in [2.05, 4.69) is 16.0 Å². The van der Waals surface area contributed by atoms with Gasteiger partial charge in [0.25, 0.3) is 5.69 Å². The van der Waals surface area contributed by atoms with Crippen LogP contribution in [-0.4, -0.2) is 45.0 Å². The fourth-order valence-electron chi connectivity index (χ4n) is 1.46. The summed E-state index contributed by atoms with van der Waals surface area (Å²) in [6.45, 7) is 0. The number of nitrogens with zero attached hydrogens (tertiary/aromatic N) is 2. The van der Waals surface area contributed by atoms with Crippen LogP contribution in [0, 0.1) is 10.1 Å². The largest absolute Gasteiger partial charge is 0.339 e. The molecule has 1 rings (SSSR count). The molecular formula is C12H13Cl4N5O3S. The van der Waals surface area contributed by atoms with Crippen molar-refractivity contribution in [2.45, 2.75) is 9.96 Å². The Labute approximate surface area is 168 Å².